The fourth-order valence-electron chi connectivity index (χ4n) is 4.40. The van der Waals surface area contributed by atoms with Crippen molar-refractivity contribution in [1.29, 1.82) is 0 Å². The molecule has 2 amide bonds. The number of alkyl halides is 3. The quantitative estimate of drug-likeness (QED) is 0.0847. The molecule has 0 N–H and O–H groups in total. The van der Waals surface area contributed by atoms with Crippen molar-refractivity contribution in [3.05, 3.63) is 141 Å². The van der Waals surface area contributed by atoms with Crippen LogP contribution in [0.1, 0.15) is 58.7 Å². The molecule has 12 heteroatoms. The summed E-state index contributed by atoms with van der Waals surface area (Å²) in [5, 5.41) is 11.1. The van der Waals surface area contributed by atoms with E-state index in [1.165, 1.54) is 42.5 Å². The third kappa shape index (κ3) is 5.24. The molecule has 0 radical (unpaired) electrons. The van der Waals surface area contributed by atoms with Crippen LogP contribution in [-0.4, -0.2) is 28.5 Å². The first kappa shape index (κ1) is 27.9. The Kier molecular flexibility index (Phi) is 7.13. The van der Waals surface area contributed by atoms with E-state index >= 15 is 0 Å². The maximum atomic E-state index is 13.3. The van der Waals surface area contributed by atoms with Gasteiger partial charge >= 0.3 is 12.1 Å². The van der Waals surface area contributed by atoms with Gasteiger partial charge < -0.3 is 4.74 Å². The lowest BCUT2D eigenvalue weighted by Crippen LogP contribution is -2.29. The molecule has 0 saturated heterocycles. The summed E-state index contributed by atoms with van der Waals surface area (Å²) in [4.78, 5) is 63.6. The summed E-state index contributed by atoms with van der Waals surface area (Å²) < 4.78 is 45.2. The zero-order valence-electron chi connectivity index (χ0n) is 21.2. The van der Waals surface area contributed by atoms with Gasteiger partial charge in [-0.1, -0.05) is 36.4 Å². The smallest absolute Gasteiger partial charge is 0.416 e. The van der Waals surface area contributed by atoms with E-state index in [4.69, 9.17) is 4.74 Å². The minimum Gasteiger partial charge on any atom is -0.445 e. The predicted molar refractivity (Wildman–Crippen MR) is 141 cm³/mol. The number of rotatable bonds is 7. The Morgan fingerprint density at radius 3 is 2.10 bits per heavy atom. The Morgan fingerprint density at radius 2 is 1.45 bits per heavy atom. The van der Waals surface area contributed by atoms with Crippen LogP contribution >= 0.6 is 0 Å². The van der Waals surface area contributed by atoms with Crippen LogP contribution in [0.15, 0.2) is 97.1 Å². The van der Waals surface area contributed by atoms with Crippen molar-refractivity contribution >= 4 is 34.9 Å². The molecule has 210 valence electrons. The number of nitro groups is 1. The molecule has 0 bridgehead atoms. The summed E-state index contributed by atoms with van der Waals surface area (Å²) in [5.41, 5.74) is -1.86. The standard InChI is InChI=1S/C30H17F3N2O7/c31-30(32,33)20-7-4-8-22(16-20)34-27(37)23-14-11-19(15-24(23)28(34)38)29(39)42-26(25(36)17-5-2-1-3-6-17)18-9-12-21(13-10-18)35(40)41/h1-16,26H/t26-/m1/s1. The molecule has 42 heavy (non-hydrogen) atoms. The molecule has 9 nitrogen and oxygen atoms in total. The number of fused-ring (bicyclic) bond motifs is 1. The number of carbonyl (C=O) groups is 4. The van der Waals surface area contributed by atoms with Gasteiger partial charge in [-0.15, -0.1) is 0 Å². The highest BCUT2D eigenvalue weighted by Gasteiger charge is 2.39. The van der Waals surface area contributed by atoms with Gasteiger partial charge in [0.15, 0.2) is 6.10 Å². The van der Waals surface area contributed by atoms with Crippen LogP contribution in [0.3, 0.4) is 0 Å². The number of amides is 2. The third-order valence-electron chi connectivity index (χ3n) is 6.48. The maximum absolute atomic E-state index is 13.3. The van der Waals surface area contributed by atoms with Crippen LogP contribution in [0.4, 0.5) is 24.5 Å². The highest BCUT2D eigenvalue weighted by molar-refractivity contribution is 6.34. The molecule has 0 saturated carbocycles. The van der Waals surface area contributed by atoms with Crippen molar-refractivity contribution in [3.8, 4) is 0 Å². The van der Waals surface area contributed by atoms with E-state index in [0.29, 0.717) is 11.0 Å². The number of anilines is 1. The lowest BCUT2D eigenvalue weighted by atomic mass is 9.99. The summed E-state index contributed by atoms with van der Waals surface area (Å²) in [6.45, 7) is 0. The predicted octanol–water partition coefficient (Wildman–Crippen LogP) is 6.20. The van der Waals surface area contributed by atoms with Gasteiger partial charge in [0.05, 0.1) is 32.9 Å². The number of nitro benzene ring substituents is 1. The van der Waals surface area contributed by atoms with Crippen molar-refractivity contribution in [2.45, 2.75) is 12.3 Å². The van der Waals surface area contributed by atoms with Crippen LogP contribution in [0, 0.1) is 10.1 Å². The molecule has 1 heterocycles. The number of benzene rings is 4. The van der Waals surface area contributed by atoms with Crippen molar-refractivity contribution in [1.82, 2.24) is 0 Å². The number of ether oxygens (including phenoxy) is 1. The second kappa shape index (κ2) is 10.7. The molecule has 0 fully saturated rings. The summed E-state index contributed by atoms with van der Waals surface area (Å²) in [6.07, 6.45) is -6.23. The van der Waals surface area contributed by atoms with Gasteiger partial charge in [-0.3, -0.25) is 24.5 Å². The van der Waals surface area contributed by atoms with E-state index in [1.807, 2.05) is 0 Å². The van der Waals surface area contributed by atoms with E-state index < -0.39 is 46.3 Å². The summed E-state index contributed by atoms with van der Waals surface area (Å²) in [6, 6.07) is 19.8. The summed E-state index contributed by atoms with van der Waals surface area (Å²) in [7, 11) is 0. The number of esters is 1. The molecule has 1 aliphatic rings. The highest BCUT2D eigenvalue weighted by Crippen LogP contribution is 2.35. The van der Waals surface area contributed by atoms with Crippen molar-refractivity contribution in [3.63, 3.8) is 0 Å². The fraction of sp³-hybridized carbons (Fsp3) is 0.0667. The summed E-state index contributed by atoms with van der Waals surface area (Å²) in [5.74, 6) is -3.50. The second-order valence-electron chi connectivity index (χ2n) is 9.12. The highest BCUT2D eigenvalue weighted by atomic mass is 19.4. The molecular formula is C30H17F3N2O7. The first-order chi connectivity index (χ1) is 20.0. The number of hydrogen-bond acceptors (Lipinski definition) is 7. The molecule has 0 aliphatic carbocycles. The number of Topliss-reactive ketones (excluding diaryl/α,β-unsaturated/α-hetero) is 1. The second-order valence-corrected chi connectivity index (χ2v) is 9.12. The van der Waals surface area contributed by atoms with E-state index in [1.54, 1.807) is 18.2 Å². The molecule has 0 unspecified atom stereocenters. The Hall–Kier alpha value is -5.65. The fourth-order valence-corrected chi connectivity index (χ4v) is 4.40. The number of carbonyl (C=O) groups excluding carboxylic acids is 4. The maximum Gasteiger partial charge on any atom is 0.416 e. The Labute approximate surface area is 234 Å². The van der Waals surface area contributed by atoms with Crippen LogP contribution in [0.5, 0.6) is 0 Å². The SMILES string of the molecule is O=C(O[C@@H](C(=O)c1ccccc1)c1ccc([N+](=O)[O-])cc1)c1ccc2c(c1)C(=O)N(c1cccc(C(F)(F)F)c1)C2=O. The number of ketones is 1. The van der Waals surface area contributed by atoms with Gasteiger partial charge in [0.2, 0.25) is 5.78 Å². The minimum absolute atomic E-state index is 0.138. The number of non-ortho nitro benzene ring substituents is 1. The van der Waals surface area contributed by atoms with Crippen LogP contribution < -0.4 is 4.90 Å². The van der Waals surface area contributed by atoms with Gasteiger partial charge in [-0.2, -0.15) is 13.2 Å². The van der Waals surface area contributed by atoms with E-state index in [0.717, 1.165) is 30.3 Å². The van der Waals surface area contributed by atoms with Gasteiger partial charge in [-0.25, -0.2) is 9.69 Å². The zero-order valence-corrected chi connectivity index (χ0v) is 21.2. The van der Waals surface area contributed by atoms with Crippen molar-refractivity contribution in [2.75, 3.05) is 4.90 Å². The van der Waals surface area contributed by atoms with Crippen LogP contribution in [0.2, 0.25) is 0 Å². The first-order valence-electron chi connectivity index (χ1n) is 12.2. The Morgan fingerprint density at radius 1 is 0.786 bits per heavy atom. The molecular weight excluding hydrogens is 557 g/mol. The molecule has 0 aromatic heterocycles. The van der Waals surface area contributed by atoms with Crippen LogP contribution in [0.25, 0.3) is 0 Å². The monoisotopic (exact) mass is 574 g/mol. The molecule has 1 atom stereocenters. The van der Waals surface area contributed by atoms with Gasteiger partial charge in [0.25, 0.3) is 17.5 Å². The van der Waals surface area contributed by atoms with Crippen LogP contribution in [-0.2, 0) is 10.9 Å². The number of nitrogens with zero attached hydrogens (tertiary/aromatic N) is 2. The Balaban J connectivity index is 1.45. The molecule has 1 aliphatic heterocycles. The van der Waals surface area contributed by atoms with Gasteiger partial charge in [0, 0.05) is 23.3 Å². The van der Waals surface area contributed by atoms with Crippen molar-refractivity contribution < 1.29 is 42.0 Å². The number of halogens is 3. The number of imide groups is 1. The van der Waals surface area contributed by atoms with Crippen molar-refractivity contribution in [2.24, 2.45) is 0 Å². The van der Waals surface area contributed by atoms with E-state index in [2.05, 4.69) is 0 Å². The molecule has 5 rings (SSSR count). The van der Waals surface area contributed by atoms with E-state index in [-0.39, 0.29) is 39.2 Å². The lowest BCUT2D eigenvalue weighted by Gasteiger charge is -2.18. The zero-order chi connectivity index (χ0) is 30.2. The third-order valence-corrected chi connectivity index (χ3v) is 6.48. The average Bonchev–Trinajstić information content (AvgIpc) is 3.24. The minimum atomic E-state index is -4.71. The number of hydrogen-bond donors (Lipinski definition) is 0. The lowest BCUT2D eigenvalue weighted by molar-refractivity contribution is -0.384. The molecule has 4 aromatic rings. The molecule has 0 spiro atoms. The average molecular weight is 574 g/mol. The van der Waals surface area contributed by atoms with E-state index in [9.17, 15) is 42.5 Å². The first-order valence-corrected chi connectivity index (χ1v) is 12.2. The normalized spacial score (nSPS) is 13.5. The topological polar surface area (TPSA) is 124 Å². The van der Waals surface area contributed by atoms with Gasteiger partial charge in [-0.05, 0) is 48.5 Å². The summed E-state index contributed by atoms with van der Waals surface area (Å²) >= 11 is 0. The Bertz CT molecular complexity index is 1750. The van der Waals surface area contributed by atoms with Gasteiger partial charge in [0.1, 0.15) is 0 Å². The molecule has 4 aromatic carbocycles. The largest absolute Gasteiger partial charge is 0.445 e.